The van der Waals surface area contributed by atoms with Gasteiger partial charge in [-0.1, -0.05) is 24.1 Å². The molecule has 1 heterocycles. The SMILES string of the molecule is COC[C@@H]1CCCCN1Cc1ccc(OC)c(Cl)c1. The van der Waals surface area contributed by atoms with E-state index in [9.17, 15) is 0 Å². The quantitative estimate of drug-likeness (QED) is 0.827. The predicted octanol–water partition coefficient (Wildman–Crippen LogP) is 3.35. The van der Waals surface area contributed by atoms with Crippen LogP contribution in [0.25, 0.3) is 0 Å². The van der Waals surface area contributed by atoms with Crippen molar-refractivity contribution in [1.82, 2.24) is 4.90 Å². The van der Waals surface area contributed by atoms with Crippen molar-refractivity contribution in [2.75, 3.05) is 27.4 Å². The van der Waals surface area contributed by atoms with Crippen molar-refractivity contribution in [3.63, 3.8) is 0 Å². The third-order valence-electron chi connectivity index (χ3n) is 3.71. The highest BCUT2D eigenvalue weighted by Gasteiger charge is 2.22. The lowest BCUT2D eigenvalue weighted by Crippen LogP contribution is -2.41. The number of rotatable bonds is 5. The van der Waals surface area contributed by atoms with Crippen molar-refractivity contribution in [2.45, 2.75) is 31.8 Å². The van der Waals surface area contributed by atoms with Crippen LogP contribution < -0.4 is 4.74 Å². The molecular weight excluding hydrogens is 262 g/mol. The van der Waals surface area contributed by atoms with Crippen LogP contribution in [0.3, 0.4) is 0 Å². The first kappa shape index (κ1) is 14.6. The summed E-state index contributed by atoms with van der Waals surface area (Å²) in [6.45, 7) is 2.87. The van der Waals surface area contributed by atoms with Crippen LogP contribution in [0.5, 0.6) is 5.75 Å². The van der Waals surface area contributed by atoms with Gasteiger partial charge in [0.2, 0.25) is 0 Å². The lowest BCUT2D eigenvalue weighted by molar-refractivity contribution is 0.0600. The van der Waals surface area contributed by atoms with Crippen LogP contribution in [-0.2, 0) is 11.3 Å². The molecule has 1 aromatic rings. The van der Waals surface area contributed by atoms with Crippen molar-refractivity contribution in [2.24, 2.45) is 0 Å². The summed E-state index contributed by atoms with van der Waals surface area (Å²) in [6, 6.07) is 6.55. The fraction of sp³-hybridized carbons (Fsp3) is 0.600. The van der Waals surface area contributed by atoms with Gasteiger partial charge in [-0.25, -0.2) is 0 Å². The maximum atomic E-state index is 6.18. The Morgan fingerprint density at radius 1 is 1.32 bits per heavy atom. The first-order chi connectivity index (χ1) is 9.24. The Bertz CT molecular complexity index is 409. The van der Waals surface area contributed by atoms with E-state index in [1.807, 2.05) is 12.1 Å². The van der Waals surface area contributed by atoms with E-state index < -0.39 is 0 Å². The van der Waals surface area contributed by atoms with Gasteiger partial charge < -0.3 is 9.47 Å². The van der Waals surface area contributed by atoms with Gasteiger partial charge in [0.05, 0.1) is 18.7 Å². The molecule has 0 N–H and O–H groups in total. The number of methoxy groups -OCH3 is 2. The van der Waals surface area contributed by atoms with E-state index in [-0.39, 0.29) is 0 Å². The molecule has 0 unspecified atom stereocenters. The molecule has 0 aliphatic carbocycles. The standard InChI is InChI=1S/C15H22ClNO2/c1-18-11-13-5-3-4-8-17(13)10-12-6-7-15(19-2)14(16)9-12/h6-7,9,13H,3-5,8,10-11H2,1-2H3/t13-/m0/s1. The third-order valence-corrected chi connectivity index (χ3v) is 4.01. The highest BCUT2D eigenvalue weighted by Crippen LogP contribution is 2.27. The Balaban J connectivity index is 2.04. The van der Waals surface area contributed by atoms with Crippen LogP contribution in [-0.4, -0.2) is 38.3 Å². The molecule has 0 aromatic heterocycles. The predicted molar refractivity (Wildman–Crippen MR) is 77.9 cm³/mol. The summed E-state index contributed by atoms with van der Waals surface area (Å²) < 4.78 is 10.5. The van der Waals surface area contributed by atoms with E-state index in [4.69, 9.17) is 21.1 Å². The molecule has 1 aliphatic rings. The van der Waals surface area contributed by atoms with Gasteiger partial charge in [-0.2, -0.15) is 0 Å². The Labute approximate surface area is 120 Å². The molecule has 3 nitrogen and oxygen atoms in total. The van der Waals surface area contributed by atoms with Crippen molar-refractivity contribution in [3.05, 3.63) is 28.8 Å². The molecule has 0 radical (unpaired) electrons. The highest BCUT2D eigenvalue weighted by molar-refractivity contribution is 6.32. The molecule has 4 heteroatoms. The summed E-state index contributed by atoms with van der Waals surface area (Å²) in [4.78, 5) is 2.49. The number of likely N-dealkylation sites (tertiary alicyclic amines) is 1. The van der Waals surface area contributed by atoms with Crippen LogP contribution in [0.4, 0.5) is 0 Å². The van der Waals surface area contributed by atoms with E-state index in [1.54, 1.807) is 14.2 Å². The van der Waals surface area contributed by atoms with E-state index in [0.717, 1.165) is 25.4 Å². The number of nitrogens with zero attached hydrogens (tertiary/aromatic N) is 1. The second-order valence-corrected chi connectivity index (χ2v) is 5.45. The smallest absolute Gasteiger partial charge is 0.137 e. The van der Waals surface area contributed by atoms with Crippen molar-refractivity contribution in [1.29, 1.82) is 0 Å². The lowest BCUT2D eigenvalue weighted by Gasteiger charge is -2.35. The number of hydrogen-bond acceptors (Lipinski definition) is 3. The molecule has 19 heavy (non-hydrogen) atoms. The van der Waals surface area contributed by atoms with Gasteiger partial charge in [-0.3, -0.25) is 4.90 Å². The minimum Gasteiger partial charge on any atom is -0.495 e. The van der Waals surface area contributed by atoms with E-state index in [2.05, 4.69) is 11.0 Å². The van der Waals surface area contributed by atoms with Crippen molar-refractivity contribution < 1.29 is 9.47 Å². The van der Waals surface area contributed by atoms with Crippen LogP contribution in [0.1, 0.15) is 24.8 Å². The average Bonchev–Trinajstić information content (AvgIpc) is 2.41. The van der Waals surface area contributed by atoms with Crippen molar-refractivity contribution in [3.8, 4) is 5.75 Å². The zero-order valence-electron chi connectivity index (χ0n) is 11.7. The van der Waals surface area contributed by atoms with Crippen LogP contribution in [0, 0.1) is 0 Å². The molecule has 1 aliphatic heterocycles. The van der Waals surface area contributed by atoms with Gasteiger partial charge in [0.1, 0.15) is 5.75 Å². The Morgan fingerprint density at radius 3 is 2.84 bits per heavy atom. The minimum absolute atomic E-state index is 0.527. The zero-order chi connectivity index (χ0) is 13.7. The van der Waals surface area contributed by atoms with Gasteiger partial charge >= 0.3 is 0 Å². The zero-order valence-corrected chi connectivity index (χ0v) is 12.4. The fourth-order valence-corrected chi connectivity index (χ4v) is 2.97. The molecule has 1 fully saturated rings. The summed E-state index contributed by atoms with van der Waals surface area (Å²) in [6.07, 6.45) is 3.79. The van der Waals surface area contributed by atoms with Crippen molar-refractivity contribution >= 4 is 11.6 Å². The summed E-state index contributed by atoms with van der Waals surface area (Å²) in [7, 11) is 3.41. The number of benzene rings is 1. The summed E-state index contributed by atoms with van der Waals surface area (Å²) in [5.74, 6) is 0.734. The molecule has 0 bridgehead atoms. The number of hydrogen-bond donors (Lipinski definition) is 0. The first-order valence-corrected chi connectivity index (χ1v) is 7.17. The lowest BCUT2D eigenvalue weighted by atomic mass is 10.0. The number of ether oxygens (including phenoxy) is 2. The number of halogens is 1. The van der Waals surface area contributed by atoms with Gasteiger partial charge in [0, 0.05) is 19.7 Å². The van der Waals surface area contributed by atoms with Crippen LogP contribution in [0.2, 0.25) is 5.02 Å². The average molecular weight is 284 g/mol. The molecule has 1 saturated heterocycles. The molecule has 0 amide bonds. The Morgan fingerprint density at radius 2 is 2.16 bits per heavy atom. The molecule has 106 valence electrons. The molecule has 0 saturated carbocycles. The topological polar surface area (TPSA) is 21.7 Å². The van der Waals surface area contributed by atoms with E-state index in [0.29, 0.717) is 11.1 Å². The normalized spacial score (nSPS) is 20.5. The second-order valence-electron chi connectivity index (χ2n) is 5.04. The molecule has 2 rings (SSSR count). The van der Waals surface area contributed by atoms with Gasteiger partial charge in [-0.05, 0) is 37.1 Å². The highest BCUT2D eigenvalue weighted by atomic mass is 35.5. The van der Waals surface area contributed by atoms with Gasteiger partial charge in [0.25, 0.3) is 0 Å². The van der Waals surface area contributed by atoms with Crippen LogP contribution >= 0.6 is 11.6 Å². The summed E-state index contributed by atoms with van der Waals surface area (Å²) >= 11 is 6.18. The maximum Gasteiger partial charge on any atom is 0.137 e. The van der Waals surface area contributed by atoms with Gasteiger partial charge in [-0.15, -0.1) is 0 Å². The Hall–Kier alpha value is -0.770. The molecule has 0 spiro atoms. The Kier molecular flexibility index (Phi) is 5.49. The third kappa shape index (κ3) is 3.85. The summed E-state index contributed by atoms with van der Waals surface area (Å²) in [5, 5.41) is 0.681. The van der Waals surface area contributed by atoms with Crippen LogP contribution in [0.15, 0.2) is 18.2 Å². The maximum absolute atomic E-state index is 6.18. The fourth-order valence-electron chi connectivity index (χ4n) is 2.69. The monoisotopic (exact) mass is 283 g/mol. The van der Waals surface area contributed by atoms with E-state index >= 15 is 0 Å². The minimum atomic E-state index is 0.527. The largest absolute Gasteiger partial charge is 0.495 e. The number of piperidine rings is 1. The summed E-state index contributed by atoms with van der Waals surface area (Å²) in [5.41, 5.74) is 1.23. The molecular formula is C15H22ClNO2. The second kappa shape index (κ2) is 7.13. The molecule has 1 atom stereocenters. The molecule has 1 aromatic carbocycles. The van der Waals surface area contributed by atoms with E-state index in [1.165, 1.54) is 24.8 Å². The first-order valence-electron chi connectivity index (χ1n) is 6.80. The van der Waals surface area contributed by atoms with Gasteiger partial charge in [0.15, 0.2) is 0 Å².